The van der Waals surface area contributed by atoms with Crippen LogP contribution >= 0.6 is 23.2 Å². The van der Waals surface area contributed by atoms with Crippen LogP contribution in [0, 0.1) is 0 Å². The van der Waals surface area contributed by atoms with Crippen LogP contribution in [0.3, 0.4) is 0 Å². The number of ketones is 1. The molecular weight excluding hydrogens is 411 g/mol. The lowest BCUT2D eigenvalue weighted by Gasteiger charge is -2.26. The van der Waals surface area contributed by atoms with Crippen molar-refractivity contribution < 1.29 is 19.0 Å². The van der Waals surface area contributed by atoms with E-state index in [4.69, 9.17) is 37.4 Å². The SMILES string of the molecule is COc1ccc(C2CC(=O)c3ccccc3O2)cc1COc1ccc(Cl)cc1Cl. The van der Waals surface area contributed by atoms with Crippen molar-refractivity contribution in [3.05, 3.63) is 87.4 Å². The Labute approximate surface area is 178 Å². The minimum absolute atomic E-state index is 0.0680. The van der Waals surface area contributed by atoms with E-state index in [1.165, 1.54) is 0 Å². The van der Waals surface area contributed by atoms with Crippen LogP contribution in [0.4, 0.5) is 0 Å². The molecule has 0 saturated carbocycles. The summed E-state index contributed by atoms with van der Waals surface area (Å²) in [4.78, 5) is 12.5. The Kier molecular flexibility index (Phi) is 5.65. The van der Waals surface area contributed by atoms with Gasteiger partial charge in [0.2, 0.25) is 0 Å². The molecule has 0 saturated heterocycles. The molecule has 3 aromatic rings. The number of halogens is 2. The highest BCUT2D eigenvalue weighted by Gasteiger charge is 2.27. The molecule has 148 valence electrons. The van der Waals surface area contributed by atoms with E-state index in [0.29, 0.717) is 32.9 Å². The number of para-hydroxylation sites is 1. The van der Waals surface area contributed by atoms with Crippen molar-refractivity contribution in [1.29, 1.82) is 0 Å². The van der Waals surface area contributed by atoms with Crippen LogP contribution in [0.25, 0.3) is 0 Å². The van der Waals surface area contributed by atoms with Crippen molar-refractivity contribution >= 4 is 29.0 Å². The zero-order chi connectivity index (χ0) is 20.4. The maximum Gasteiger partial charge on any atom is 0.170 e. The first-order valence-corrected chi connectivity index (χ1v) is 9.84. The number of hydrogen-bond acceptors (Lipinski definition) is 4. The van der Waals surface area contributed by atoms with Gasteiger partial charge in [0.1, 0.15) is 30.0 Å². The van der Waals surface area contributed by atoms with E-state index in [1.807, 2.05) is 36.4 Å². The summed E-state index contributed by atoms with van der Waals surface area (Å²) in [6.07, 6.45) is -0.0756. The summed E-state index contributed by atoms with van der Waals surface area (Å²) in [5.41, 5.74) is 2.33. The average Bonchev–Trinajstić information content (AvgIpc) is 2.73. The van der Waals surface area contributed by atoms with Gasteiger partial charge in [0.15, 0.2) is 5.78 Å². The first kappa shape index (κ1) is 19.6. The van der Waals surface area contributed by atoms with Crippen molar-refractivity contribution in [3.63, 3.8) is 0 Å². The monoisotopic (exact) mass is 428 g/mol. The van der Waals surface area contributed by atoms with E-state index >= 15 is 0 Å². The predicted molar refractivity (Wildman–Crippen MR) is 113 cm³/mol. The first-order chi connectivity index (χ1) is 14.0. The molecule has 4 rings (SSSR count). The Balaban J connectivity index is 1.58. The number of rotatable bonds is 5. The molecule has 3 aromatic carbocycles. The highest BCUT2D eigenvalue weighted by atomic mass is 35.5. The molecule has 0 bridgehead atoms. The third-order valence-electron chi connectivity index (χ3n) is 4.78. The lowest BCUT2D eigenvalue weighted by molar-refractivity contribution is 0.0850. The number of ether oxygens (including phenoxy) is 3. The molecule has 0 aromatic heterocycles. The van der Waals surface area contributed by atoms with Crippen LogP contribution in [0.15, 0.2) is 60.7 Å². The number of methoxy groups -OCH3 is 1. The Morgan fingerprint density at radius 3 is 2.62 bits per heavy atom. The molecular formula is C23H18Cl2O4. The zero-order valence-electron chi connectivity index (χ0n) is 15.7. The van der Waals surface area contributed by atoms with Gasteiger partial charge < -0.3 is 14.2 Å². The van der Waals surface area contributed by atoms with Gasteiger partial charge in [0, 0.05) is 10.6 Å². The smallest absolute Gasteiger partial charge is 0.170 e. The quantitative estimate of drug-likeness (QED) is 0.478. The third kappa shape index (κ3) is 4.19. The van der Waals surface area contributed by atoms with Gasteiger partial charge in [-0.05, 0) is 48.0 Å². The Morgan fingerprint density at radius 2 is 1.83 bits per heavy atom. The van der Waals surface area contributed by atoms with Crippen molar-refractivity contribution in [2.75, 3.05) is 7.11 Å². The van der Waals surface area contributed by atoms with Crippen molar-refractivity contribution in [2.24, 2.45) is 0 Å². The summed E-state index contributed by atoms with van der Waals surface area (Å²) >= 11 is 12.1. The Hall–Kier alpha value is -2.69. The maximum atomic E-state index is 12.5. The summed E-state index contributed by atoms with van der Waals surface area (Å²) in [5.74, 6) is 1.89. The number of Topliss-reactive ketones (excluding diaryl/α,β-unsaturated/α-hetero) is 1. The molecule has 1 aliphatic heterocycles. The van der Waals surface area contributed by atoms with Crippen molar-refractivity contribution in [3.8, 4) is 17.2 Å². The van der Waals surface area contributed by atoms with Crippen LogP contribution in [0.5, 0.6) is 17.2 Å². The summed E-state index contributed by atoms with van der Waals surface area (Å²) in [6.45, 7) is 0.246. The highest BCUT2D eigenvalue weighted by molar-refractivity contribution is 6.35. The molecule has 0 N–H and O–H groups in total. The summed E-state index contributed by atoms with van der Waals surface area (Å²) in [6, 6.07) is 18.1. The molecule has 1 aliphatic rings. The largest absolute Gasteiger partial charge is 0.496 e. The van der Waals surface area contributed by atoms with Crippen LogP contribution in [-0.4, -0.2) is 12.9 Å². The summed E-state index contributed by atoms with van der Waals surface area (Å²) in [5, 5.41) is 0.978. The molecule has 0 spiro atoms. The maximum absolute atomic E-state index is 12.5. The van der Waals surface area contributed by atoms with Gasteiger partial charge in [-0.2, -0.15) is 0 Å². The lowest BCUT2D eigenvalue weighted by atomic mass is 9.95. The van der Waals surface area contributed by atoms with Gasteiger partial charge in [-0.1, -0.05) is 41.4 Å². The second-order valence-electron chi connectivity index (χ2n) is 6.66. The van der Waals surface area contributed by atoms with Crippen molar-refractivity contribution in [2.45, 2.75) is 19.1 Å². The van der Waals surface area contributed by atoms with Gasteiger partial charge in [0.25, 0.3) is 0 Å². The molecule has 0 amide bonds. The molecule has 1 atom stereocenters. The molecule has 1 unspecified atom stereocenters. The van der Waals surface area contributed by atoms with E-state index in [9.17, 15) is 4.79 Å². The molecule has 0 radical (unpaired) electrons. The van der Waals surface area contributed by atoms with E-state index in [0.717, 1.165) is 11.1 Å². The Morgan fingerprint density at radius 1 is 1.03 bits per heavy atom. The lowest BCUT2D eigenvalue weighted by Crippen LogP contribution is -2.20. The van der Waals surface area contributed by atoms with Gasteiger partial charge in [0.05, 0.1) is 24.1 Å². The van der Waals surface area contributed by atoms with E-state index in [2.05, 4.69) is 0 Å². The fraction of sp³-hybridized carbons (Fsp3) is 0.174. The molecule has 1 heterocycles. The van der Waals surface area contributed by atoms with Crippen LogP contribution in [0.2, 0.25) is 10.0 Å². The van der Waals surface area contributed by atoms with Gasteiger partial charge in [-0.15, -0.1) is 0 Å². The first-order valence-electron chi connectivity index (χ1n) is 9.08. The number of benzene rings is 3. The van der Waals surface area contributed by atoms with E-state index < -0.39 is 0 Å². The minimum Gasteiger partial charge on any atom is -0.496 e. The van der Waals surface area contributed by atoms with E-state index in [1.54, 1.807) is 31.4 Å². The van der Waals surface area contributed by atoms with Crippen LogP contribution in [-0.2, 0) is 6.61 Å². The molecule has 4 nitrogen and oxygen atoms in total. The third-order valence-corrected chi connectivity index (χ3v) is 5.31. The number of carbonyl (C=O) groups excluding carboxylic acids is 1. The van der Waals surface area contributed by atoms with Crippen LogP contribution in [0.1, 0.15) is 34.0 Å². The Bertz CT molecular complexity index is 1060. The van der Waals surface area contributed by atoms with Crippen molar-refractivity contribution in [1.82, 2.24) is 0 Å². The second-order valence-corrected chi connectivity index (χ2v) is 7.51. The van der Waals surface area contributed by atoms with Gasteiger partial charge in [-0.3, -0.25) is 4.79 Å². The molecule has 29 heavy (non-hydrogen) atoms. The second kappa shape index (κ2) is 8.36. The number of hydrogen-bond donors (Lipinski definition) is 0. The molecule has 0 fully saturated rings. The fourth-order valence-corrected chi connectivity index (χ4v) is 3.78. The number of carbonyl (C=O) groups is 1. The molecule has 6 heteroatoms. The fourth-order valence-electron chi connectivity index (χ4n) is 3.32. The predicted octanol–water partition coefficient (Wildman–Crippen LogP) is 6.29. The van der Waals surface area contributed by atoms with Gasteiger partial charge in [-0.25, -0.2) is 0 Å². The average molecular weight is 429 g/mol. The summed E-state index contributed by atoms with van der Waals surface area (Å²) in [7, 11) is 1.60. The van der Waals surface area contributed by atoms with E-state index in [-0.39, 0.29) is 24.9 Å². The van der Waals surface area contributed by atoms with Crippen LogP contribution < -0.4 is 14.2 Å². The number of fused-ring (bicyclic) bond motifs is 1. The summed E-state index contributed by atoms with van der Waals surface area (Å²) < 4.78 is 17.4. The normalized spacial score (nSPS) is 15.4. The minimum atomic E-state index is -0.360. The topological polar surface area (TPSA) is 44.8 Å². The van der Waals surface area contributed by atoms with Gasteiger partial charge >= 0.3 is 0 Å². The highest BCUT2D eigenvalue weighted by Crippen LogP contribution is 2.36. The molecule has 0 aliphatic carbocycles. The zero-order valence-corrected chi connectivity index (χ0v) is 17.2. The standard InChI is InChI=1S/C23H18Cl2O4/c1-27-20-8-6-14(23-12-19(26)17-4-2-3-5-21(17)29-23)10-15(20)13-28-22-9-7-16(24)11-18(22)25/h2-11,23H,12-13H2,1H3.